The lowest BCUT2D eigenvalue weighted by atomic mass is 10.1. The molecule has 20 heavy (non-hydrogen) atoms. The van der Waals surface area contributed by atoms with E-state index in [1.165, 1.54) is 12.1 Å². The molecule has 0 amide bonds. The number of hydrogen-bond donors (Lipinski definition) is 1. The quantitative estimate of drug-likeness (QED) is 0.683. The molecule has 0 aliphatic rings. The second-order valence-electron chi connectivity index (χ2n) is 3.88. The molecule has 1 heterocycles. The fourth-order valence-corrected chi connectivity index (χ4v) is 1.83. The van der Waals surface area contributed by atoms with Gasteiger partial charge >= 0.3 is 5.97 Å². The number of benzene rings is 1. The van der Waals surface area contributed by atoms with Crippen LogP contribution in [0.3, 0.4) is 0 Å². The average Bonchev–Trinajstić information content (AvgIpc) is 2.39. The van der Waals surface area contributed by atoms with Gasteiger partial charge in [0.15, 0.2) is 11.5 Å². The Kier molecular flexibility index (Phi) is 3.85. The van der Waals surface area contributed by atoms with Crippen LogP contribution in [-0.2, 0) is 4.74 Å². The molecule has 4 nitrogen and oxygen atoms in total. The molecular weight excluding hydrogens is 290 g/mol. The molecule has 0 aliphatic heterocycles. The molecule has 7 heteroatoms. The van der Waals surface area contributed by atoms with Crippen molar-refractivity contribution in [3.05, 3.63) is 46.6 Å². The third-order valence-corrected chi connectivity index (χ3v) is 2.84. The molecule has 2 N–H and O–H groups in total. The Morgan fingerprint density at radius 1 is 1.30 bits per heavy atom. The first-order valence-corrected chi connectivity index (χ1v) is 5.81. The number of carbonyl (C=O) groups excluding carboxylic acids is 1. The lowest BCUT2D eigenvalue weighted by molar-refractivity contribution is 0.0594. The molecule has 1 aromatic carbocycles. The zero-order chi connectivity index (χ0) is 14.9. The second kappa shape index (κ2) is 5.42. The van der Waals surface area contributed by atoms with Crippen LogP contribution >= 0.6 is 11.6 Å². The molecule has 0 spiro atoms. The first kappa shape index (κ1) is 14.2. The minimum absolute atomic E-state index is 0.126. The van der Waals surface area contributed by atoms with Crippen molar-refractivity contribution >= 4 is 23.3 Å². The van der Waals surface area contributed by atoms with Gasteiger partial charge in [-0.15, -0.1) is 0 Å². The van der Waals surface area contributed by atoms with Crippen molar-refractivity contribution < 1.29 is 18.3 Å². The number of hydrogen-bond acceptors (Lipinski definition) is 4. The molecule has 0 bridgehead atoms. The van der Waals surface area contributed by atoms with Crippen LogP contribution in [0.15, 0.2) is 24.3 Å². The molecule has 2 aromatic rings. The summed E-state index contributed by atoms with van der Waals surface area (Å²) >= 11 is 5.71. The summed E-state index contributed by atoms with van der Waals surface area (Å²) < 4.78 is 32.1. The van der Waals surface area contributed by atoms with Crippen molar-refractivity contribution in [2.45, 2.75) is 0 Å². The highest BCUT2D eigenvalue weighted by Gasteiger charge is 2.20. The molecular formula is C13H9ClF2N2O2. The van der Waals surface area contributed by atoms with Gasteiger partial charge in [0, 0.05) is 11.3 Å². The molecule has 1 aromatic heterocycles. The predicted molar refractivity (Wildman–Crippen MR) is 70.4 cm³/mol. The fourth-order valence-electron chi connectivity index (χ4n) is 1.62. The Balaban J connectivity index is 2.65. The number of pyridine rings is 1. The van der Waals surface area contributed by atoms with Gasteiger partial charge in [0.1, 0.15) is 11.5 Å². The summed E-state index contributed by atoms with van der Waals surface area (Å²) in [5, 5.41) is -0.214. The van der Waals surface area contributed by atoms with E-state index in [1.54, 1.807) is 0 Å². The van der Waals surface area contributed by atoms with Crippen molar-refractivity contribution in [3.8, 4) is 11.3 Å². The van der Waals surface area contributed by atoms with Crippen LogP contribution in [0.2, 0.25) is 5.02 Å². The topological polar surface area (TPSA) is 65.2 Å². The van der Waals surface area contributed by atoms with Gasteiger partial charge in [-0.1, -0.05) is 11.6 Å². The maximum atomic E-state index is 13.9. The first-order chi connectivity index (χ1) is 9.43. The predicted octanol–water partition coefficient (Wildman–Crippen LogP) is 3.05. The van der Waals surface area contributed by atoms with E-state index in [-0.39, 0.29) is 27.7 Å². The highest BCUT2D eigenvalue weighted by atomic mass is 35.5. The van der Waals surface area contributed by atoms with Crippen LogP contribution in [-0.4, -0.2) is 18.1 Å². The molecule has 0 saturated heterocycles. The summed E-state index contributed by atoms with van der Waals surface area (Å²) in [7, 11) is 1.13. The van der Waals surface area contributed by atoms with E-state index in [2.05, 4.69) is 9.72 Å². The van der Waals surface area contributed by atoms with Crippen molar-refractivity contribution in [1.29, 1.82) is 0 Å². The van der Waals surface area contributed by atoms with Crippen LogP contribution in [0.4, 0.5) is 14.5 Å². The number of anilines is 1. The van der Waals surface area contributed by atoms with Gasteiger partial charge in [-0.2, -0.15) is 0 Å². The van der Waals surface area contributed by atoms with E-state index < -0.39 is 17.6 Å². The Morgan fingerprint density at radius 2 is 2.00 bits per heavy atom. The average molecular weight is 299 g/mol. The highest BCUT2D eigenvalue weighted by Crippen LogP contribution is 2.28. The van der Waals surface area contributed by atoms with Crippen molar-refractivity contribution in [3.63, 3.8) is 0 Å². The molecule has 104 valence electrons. The molecule has 0 saturated carbocycles. The highest BCUT2D eigenvalue weighted by molar-refractivity contribution is 6.33. The number of esters is 1. The van der Waals surface area contributed by atoms with Crippen LogP contribution in [0.1, 0.15) is 10.5 Å². The van der Waals surface area contributed by atoms with Gasteiger partial charge in [0.2, 0.25) is 0 Å². The summed E-state index contributed by atoms with van der Waals surface area (Å²) in [6.45, 7) is 0. The Morgan fingerprint density at radius 3 is 2.60 bits per heavy atom. The van der Waals surface area contributed by atoms with E-state index in [1.807, 2.05) is 0 Å². The summed E-state index contributed by atoms with van der Waals surface area (Å²) in [5.41, 5.74) is 4.85. The number of nitrogens with two attached hydrogens (primary N) is 1. The summed E-state index contributed by atoms with van der Waals surface area (Å²) in [6, 6.07) is 4.58. The molecule has 0 radical (unpaired) electrons. The maximum absolute atomic E-state index is 13.9. The number of halogens is 3. The number of ether oxygens (including phenoxy) is 1. The van der Waals surface area contributed by atoms with Crippen LogP contribution < -0.4 is 5.73 Å². The van der Waals surface area contributed by atoms with Crippen LogP contribution in [0.25, 0.3) is 11.3 Å². The van der Waals surface area contributed by atoms with Gasteiger partial charge in [0.05, 0.1) is 12.1 Å². The minimum atomic E-state index is -0.855. The van der Waals surface area contributed by atoms with Crippen molar-refractivity contribution in [2.24, 2.45) is 0 Å². The monoisotopic (exact) mass is 298 g/mol. The summed E-state index contributed by atoms with van der Waals surface area (Å²) in [6.07, 6.45) is 0. The number of methoxy groups -OCH3 is 1. The van der Waals surface area contributed by atoms with E-state index in [9.17, 15) is 13.6 Å². The number of rotatable bonds is 2. The normalized spacial score (nSPS) is 10.4. The third-order valence-electron chi connectivity index (χ3n) is 2.56. The smallest absolute Gasteiger partial charge is 0.358 e. The van der Waals surface area contributed by atoms with E-state index in [0.29, 0.717) is 0 Å². The number of aromatic nitrogens is 1. The van der Waals surface area contributed by atoms with E-state index >= 15 is 0 Å². The van der Waals surface area contributed by atoms with Crippen LogP contribution in [0, 0.1) is 11.6 Å². The third kappa shape index (κ3) is 2.55. The zero-order valence-corrected chi connectivity index (χ0v) is 11.0. The largest absolute Gasteiger partial charge is 0.464 e. The lowest BCUT2D eigenvalue weighted by Crippen LogP contribution is -2.08. The number of carbonyl (C=O) groups is 1. The number of nitrogens with zero attached hydrogens (tertiary/aromatic N) is 1. The number of nitrogen functional groups attached to an aromatic ring is 1. The second-order valence-corrected chi connectivity index (χ2v) is 4.29. The van der Waals surface area contributed by atoms with Gasteiger partial charge in [0.25, 0.3) is 0 Å². The first-order valence-electron chi connectivity index (χ1n) is 5.43. The summed E-state index contributed by atoms with van der Waals surface area (Å²) in [4.78, 5) is 15.2. The standard InChI is InChI=1S/C13H9ClF2N2O2/c1-20-13(19)12-8(14)5-10(16)11(18-12)7-3-2-6(17)4-9(7)15/h2-5H,17H2,1H3. The lowest BCUT2D eigenvalue weighted by Gasteiger charge is -2.08. The molecule has 2 rings (SSSR count). The van der Waals surface area contributed by atoms with Gasteiger partial charge in [-0.25, -0.2) is 18.6 Å². The van der Waals surface area contributed by atoms with E-state index in [0.717, 1.165) is 19.2 Å². The van der Waals surface area contributed by atoms with Crippen molar-refractivity contribution in [1.82, 2.24) is 4.98 Å². The maximum Gasteiger partial charge on any atom is 0.358 e. The van der Waals surface area contributed by atoms with E-state index in [4.69, 9.17) is 17.3 Å². The molecule has 0 fully saturated rings. The minimum Gasteiger partial charge on any atom is -0.464 e. The Labute approximate surface area is 118 Å². The van der Waals surface area contributed by atoms with Gasteiger partial charge in [-0.3, -0.25) is 0 Å². The fraction of sp³-hybridized carbons (Fsp3) is 0.0769. The Hall–Kier alpha value is -2.21. The summed E-state index contributed by atoms with van der Waals surface area (Å²) in [5.74, 6) is -2.45. The Bertz CT molecular complexity index is 692. The molecule has 0 unspecified atom stereocenters. The molecule has 0 aliphatic carbocycles. The molecule has 0 atom stereocenters. The van der Waals surface area contributed by atoms with Crippen molar-refractivity contribution in [2.75, 3.05) is 12.8 Å². The SMILES string of the molecule is COC(=O)c1nc(-c2ccc(N)cc2F)c(F)cc1Cl. The van der Waals surface area contributed by atoms with Gasteiger partial charge < -0.3 is 10.5 Å². The zero-order valence-electron chi connectivity index (χ0n) is 10.3. The van der Waals surface area contributed by atoms with Gasteiger partial charge in [-0.05, 0) is 24.3 Å². The van der Waals surface area contributed by atoms with Crippen LogP contribution in [0.5, 0.6) is 0 Å².